The molecule has 0 aromatic rings. The van der Waals surface area contributed by atoms with Gasteiger partial charge >= 0.3 is 11.9 Å². The number of carbonyl (C=O) groups is 2. The van der Waals surface area contributed by atoms with Gasteiger partial charge in [-0.05, 0) is 12.8 Å². The standard InChI is InChI=1S/2C5H10O3/c2*1-2-3-4-5(6)8-7/h2*7H,2-4H2,1H3. The van der Waals surface area contributed by atoms with Gasteiger partial charge in [-0.25, -0.2) is 9.59 Å². The highest BCUT2D eigenvalue weighted by atomic mass is 17.1. The molecule has 0 aromatic heterocycles. The minimum absolute atomic E-state index is 0.312. The number of hydrogen-bond donors (Lipinski definition) is 2. The smallest absolute Gasteiger partial charge is 0.301 e. The summed E-state index contributed by atoms with van der Waals surface area (Å²) >= 11 is 0. The normalized spacial score (nSPS) is 8.75. The summed E-state index contributed by atoms with van der Waals surface area (Å²) in [4.78, 5) is 27.0. The van der Waals surface area contributed by atoms with Crippen molar-refractivity contribution in [1.82, 2.24) is 0 Å². The van der Waals surface area contributed by atoms with Gasteiger partial charge in [0.2, 0.25) is 0 Å². The van der Waals surface area contributed by atoms with Crippen LogP contribution >= 0.6 is 0 Å². The zero-order chi connectivity index (χ0) is 12.8. The Bertz CT molecular complexity index is 160. The van der Waals surface area contributed by atoms with Crippen molar-refractivity contribution < 1.29 is 29.9 Å². The van der Waals surface area contributed by atoms with Gasteiger partial charge in [-0.2, -0.15) is 10.5 Å². The van der Waals surface area contributed by atoms with Crippen molar-refractivity contribution in [3.63, 3.8) is 0 Å². The summed E-state index contributed by atoms with van der Waals surface area (Å²) in [5, 5.41) is 15.4. The minimum Gasteiger partial charge on any atom is -0.301 e. The highest BCUT2D eigenvalue weighted by molar-refractivity contribution is 5.68. The number of carbonyl (C=O) groups excluding carboxylic acids is 2. The molecule has 0 aliphatic rings. The van der Waals surface area contributed by atoms with Crippen LogP contribution in [0.25, 0.3) is 0 Å². The fraction of sp³-hybridized carbons (Fsp3) is 0.800. The van der Waals surface area contributed by atoms with Gasteiger partial charge in [0, 0.05) is 12.8 Å². The molecule has 6 heteroatoms. The molecule has 0 amide bonds. The Labute approximate surface area is 95.0 Å². The molecule has 0 atom stereocenters. The first-order valence-electron chi connectivity index (χ1n) is 5.30. The van der Waals surface area contributed by atoms with Gasteiger partial charge in [-0.3, -0.25) is 0 Å². The molecule has 0 radical (unpaired) electrons. The summed E-state index contributed by atoms with van der Waals surface area (Å²) in [7, 11) is 0. The van der Waals surface area contributed by atoms with Crippen LogP contribution in [0, 0.1) is 0 Å². The molecule has 0 unspecified atom stereocenters. The van der Waals surface area contributed by atoms with Crippen molar-refractivity contribution in [2.45, 2.75) is 52.4 Å². The maximum Gasteiger partial charge on any atom is 0.342 e. The van der Waals surface area contributed by atoms with E-state index >= 15 is 0 Å². The first-order valence-corrected chi connectivity index (χ1v) is 5.30. The van der Waals surface area contributed by atoms with Crippen LogP contribution in [-0.2, 0) is 19.4 Å². The molecule has 0 saturated carbocycles. The molecule has 0 aromatic carbocycles. The lowest BCUT2D eigenvalue weighted by atomic mass is 10.3. The van der Waals surface area contributed by atoms with E-state index in [4.69, 9.17) is 10.5 Å². The molecule has 96 valence electrons. The summed E-state index contributed by atoms with van der Waals surface area (Å²) in [5.74, 6) is -1.10. The molecule has 0 bridgehead atoms. The maximum atomic E-state index is 10.1. The molecule has 0 heterocycles. The number of unbranched alkanes of at least 4 members (excludes halogenated alkanes) is 2. The van der Waals surface area contributed by atoms with Crippen LogP contribution in [0.1, 0.15) is 52.4 Å². The van der Waals surface area contributed by atoms with Crippen LogP contribution in [0.4, 0.5) is 0 Å². The molecule has 0 rings (SSSR count). The van der Waals surface area contributed by atoms with Gasteiger partial charge in [-0.1, -0.05) is 26.7 Å². The van der Waals surface area contributed by atoms with E-state index in [0.717, 1.165) is 25.7 Å². The highest BCUT2D eigenvalue weighted by Crippen LogP contribution is 1.94. The molecule has 2 N–H and O–H groups in total. The van der Waals surface area contributed by atoms with E-state index in [2.05, 4.69) is 9.78 Å². The molecule has 0 fully saturated rings. The largest absolute Gasteiger partial charge is 0.342 e. The Balaban J connectivity index is 0. The molecule has 0 saturated heterocycles. The highest BCUT2D eigenvalue weighted by Gasteiger charge is 1.98. The second kappa shape index (κ2) is 13.9. The van der Waals surface area contributed by atoms with Gasteiger partial charge in [0.05, 0.1) is 0 Å². The molecule has 0 aliphatic heterocycles. The van der Waals surface area contributed by atoms with Gasteiger partial charge < -0.3 is 9.78 Å². The zero-order valence-electron chi connectivity index (χ0n) is 9.77. The van der Waals surface area contributed by atoms with Gasteiger partial charge in [0.25, 0.3) is 0 Å². The topological polar surface area (TPSA) is 93.1 Å². The van der Waals surface area contributed by atoms with E-state index in [1.807, 2.05) is 13.8 Å². The predicted molar refractivity (Wildman–Crippen MR) is 56.5 cm³/mol. The van der Waals surface area contributed by atoms with Crippen LogP contribution in [0.2, 0.25) is 0 Å². The Morgan fingerprint density at radius 3 is 1.38 bits per heavy atom. The monoisotopic (exact) mass is 236 g/mol. The van der Waals surface area contributed by atoms with E-state index < -0.39 is 11.9 Å². The van der Waals surface area contributed by atoms with Crippen molar-refractivity contribution >= 4 is 11.9 Å². The van der Waals surface area contributed by atoms with E-state index in [1.165, 1.54) is 0 Å². The van der Waals surface area contributed by atoms with Crippen LogP contribution in [0.15, 0.2) is 0 Å². The lowest BCUT2D eigenvalue weighted by Crippen LogP contribution is -1.98. The molecule has 6 nitrogen and oxygen atoms in total. The lowest BCUT2D eigenvalue weighted by Gasteiger charge is -1.90. The predicted octanol–water partition coefficient (Wildman–Crippen LogP) is 2.39. The third-order valence-corrected chi connectivity index (χ3v) is 1.67. The van der Waals surface area contributed by atoms with Crippen molar-refractivity contribution in [1.29, 1.82) is 0 Å². The molecule has 0 spiro atoms. The molecular weight excluding hydrogens is 216 g/mol. The Hall–Kier alpha value is -1.14. The quantitative estimate of drug-likeness (QED) is 0.543. The Kier molecular flexibility index (Phi) is 15.0. The van der Waals surface area contributed by atoms with Gasteiger partial charge in [0.15, 0.2) is 0 Å². The van der Waals surface area contributed by atoms with E-state index in [-0.39, 0.29) is 0 Å². The zero-order valence-corrected chi connectivity index (χ0v) is 9.77. The minimum atomic E-state index is -0.549. The number of hydrogen-bond acceptors (Lipinski definition) is 6. The Morgan fingerprint density at radius 2 is 1.19 bits per heavy atom. The Morgan fingerprint density at radius 1 is 0.875 bits per heavy atom. The summed E-state index contributed by atoms with van der Waals surface area (Å²) in [6.45, 7) is 3.93. The van der Waals surface area contributed by atoms with Crippen LogP contribution in [0.3, 0.4) is 0 Å². The fourth-order valence-electron chi connectivity index (χ4n) is 0.734. The molecular formula is C10H20O6. The van der Waals surface area contributed by atoms with Gasteiger partial charge in [-0.15, -0.1) is 0 Å². The maximum absolute atomic E-state index is 10.1. The number of rotatable bonds is 6. The van der Waals surface area contributed by atoms with Crippen molar-refractivity contribution in [3.8, 4) is 0 Å². The van der Waals surface area contributed by atoms with Crippen LogP contribution in [0.5, 0.6) is 0 Å². The van der Waals surface area contributed by atoms with Gasteiger partial charge in [0.1, 0.15) is 0 Å². The van der Waals surface area contributed by atoms with Crippen LogP contribution < -0.4 is 0 Å². The van der Waals surface area contributed by atoms with Crippen molar-refractivity contribution in [2.24, 2.45) is 0 Å². The second-order valence-electron chi connectivity index (χ2n) is 3.13. The summed E-state index contributed by atoms with van der Waals surface area (Å²) in [5.41, 5.74) is 0. The third kappa shape index (κ3) is 15.3. The average Bonchev–Trinajstić information content (AvgIpc) is 2.33. The average molecular weight is 236 g/mol. The molecule has 16 heavy (non-hydrogen) atoms. The van der Waals surface area contributed by atoms with Crippen molar-refractivity contribution in [3.05, 3.63) is 0 Å². The fourth-order valence-corrected chi connectivity index (χ4v) is 0.734. The second-order valence-corrected chi connectivity index (χ2v) is 3.13. The summed E-state index contributed by atoms with van der Waals surface area (Å²) in [6.07, 6.45) is 4.06. The first-order chi connectivity index (χ1) is 7.62. The van der Waals surface area contributed by atoms with Crippen LogP contribution in [-0.4, -0.2) is 22.5 Å². The first kappa shape index (κ1) is 17.3. The van der Waals surface area contributed by atoms with Crippen molar-refractivity contribution in [2.75, 3.05) is 0 Å². The van der Waals surface area contributed by atoms with E-state index in [0.29, 0.717) is 12.8 Å². The third-order valence-electron chi connectivity index (χ3n) is 1.67. The SMILES string of the molecule is CCCCC(=O)OO.CCCCC(=O)OO. The summed E-state index contributed by atoms with van der Waals surface area (Å²) < 4.78 is 0. The molecule has 0 aliphatic carbocycles. The van der Waals surface area contributed by atoms with E-state index in [1.54, 1.807) is 0 Å². The summed E-state index contributed by atoms with van der Waals surface area (Å²) in [6, 6.07) is 0. The lowest BCUT2D eigenvalue weighted by molar-refractivity contribution is -0.234. The van der Waals surface area contributed by atoms with E-state index in [9.17, 15) is 9.59 Å².